The zero-order valence-corrected chi connectivity index (χ0v) is 7.52. The summed E-state index contributed by atoms with van der Waals surface area (Å²) in [6, 6.07) is 3.09. The van der Waals surface area contributed by atoms with Crippen LogP contribution in [-0.4, -0.2) is 0 Å². The zero-order chi connectivity index (χ0) is 9.59. The lowest BCUT2D eigenvalue weighted by Gasteiger charge is -2.00. The van der Waals surface area contributed by atoms with Gasteiger partial charge >= 0.3 is 0 Å². The number of fused-ring (bicyclic) bond motifs is 1. The number of rotatable bonds is 0. The van der Waals surface area contributed by atoms with Crippen LogP contribution in [0.2, 0.25) is 0 Å². The van der Waals surface area contributed by atoms with E-state index in [1.807, 2.05) is 6.92 Å². The van der Waals surface area contributed by atoms with Crippen molar-refractivity contribution in [2.45, 2.75) is 13.8 Å². The van der Waals surface area contributed by atoms with Crippen molar-refractivity contribution >= 4 is 16.7 Å². The Morgan fingerprint density at radius 3 is 2.69 bits per heavy atom. The summed E-state index contributed by atoms with van der Waals surface area (Å²) in [5, 5.41) is 0.759. The second kappa shape index (κ2) is 2.49. The highest BCUT2D eigenvalue weighted by molar-refractivity contribution is 5.86. The first-order chi connectivity index (χ1) is 6.09. The van der Waals surface area contributed by atoms with E-state index in [2.05, 4.69) is 0 Å². The monoisotopic (exact) mass is 179 g/mol. The minimum Gasteiger partial charge on any atom is -0.458 e. The molecule has 68 valence electrons. The van der Waals surface area contributed by atoms with Crippen LogP contribution in [0.15, 0.2) is 16.5 Å². The van der Waals surface area contributed by atoms with E-state index >= 15 is 0 Å². The lowest BCUT2D eigenvalue weighted by Crippen LogP contribution is -1.91. The van der Waals surface area contributed by atoms with Crippen LogP contribution in [0, 0.1) is 19.7 Å². The third-order valence-electron chi connectivity index (χ3n) is 2.19. The van der Waals surface area contributed by atoms with E-state index in [0.29, 0.717) is 17.0 Å². The number of aryl methyl sites for hydroxylation is 2. The van der Waals surface area contributed by atoms with Crippen molar-refractivity contribution in [2.24, 2.45) is 0 Å². The molecular formula is C10H10FNO. The van der Waals surface area contributed by atoms with Gasteiger partial charge in [-0.25, -0.2) is 4.39 Å². The van der Waals surface area contributed by atoms with Gasteiger partial charge in [-0.05, 0) is 25.5 Å². The van der Waals surface area contributed by atoms with Crippen molar-refractivity contribution < 1.29 is 8.81 Å². The summed E-state index contributed by atoms with van der Waals surface area (Å²) >= 11 is 0. The lowest BCUT2D eigenvalue weighted by molar-refractivity contribution is 0.538. The van der Waals surface area contributed by atoms with Crippen LogP contribution in [0.5, 0.6) is 0 Å². The van der Waals surface area contributed by atoms with E-state index in [9.17, 15) is 4.39 Å². The van der Waals surface area contributed by atoms with Gasteiger partial charge < -0.3 is 10.2 Å². The van der Waals surface area contributed by atoms with Crippen molar-refractivity contribution in [3.63, 3.8) is 0 Å². The van der Waals surface area contributed by atoms with E-state index in [4.69, 9.17) is 10.2 Å². The van der Waals surface area contributed by atoms with Crippen LogP contribution < -0.4 is 5.73 Å². The van der Waals surface area contributed by atoms with Gasteiger partial charge in [0.1, 0.15) is 5.76 Å². The van der Waals surface area contributed by atoms with Crippen molar-refractivity contribution in [1.29, 1.82) is 0 Å². The Morgan fingerprint density at radius 2 is 2.00 bits per heavy atom. The molecule has 0 saturated carbocycles. The SMILES string of the molecule is Cc1cc2c(C)c(N)cc(F)c2o1. The Balaban J connectivity index is 2.95. The standard InChI is InChI=1S/C10H10FNO/c1-5-3-7-6(2)9(12)4-8(11)10(7)13-5/h3-4H,12H2,1-2H3. The molecule has 0 amide bonds. The molecule has 0 radical (unpaired) electrons. The second-order valence-corrected chi connectivity index (χ2v) is 3.17. The van der Waals surface area contributed by atoms with Crippen LogP contribution in [0.3, 0.4) is 0 Å². The van der Waals surface area contributed by atoms with Gasteiger partial charge in [0, 0.05) is 17.1 Å². The summed E-state index contributed by atoms with van der Waals surface area (Å²) in [7, 11) is 0. The summed E-state index contributed by atoms with van der Waals surface area (Å²) < 4.78 is 18.5. The Kier molecular flexibility index (Phi) is 1.55. The van der Waals surface area contributed by atoms with Crippen LogP contribution >= 0.6 is 0 Å². The molecule has 0 unspecified atom stereocenters. The first-order valence-electron chi connectivity index (χ1n) is 4.04. The molecule has 0 aliphatic rings. The molecule has 0 atom stereocenters. The van der Waals surface area contributed by atoms with E-state index < -0.39 is 5.82 Å². The Bertz CT molecular complexity index is 473. The minimum absolute atomic E-state index is 0.296. The van der Waals surface area contributed by atoms with Crippen molar-refractivity contribution in [1.82, 2.24) is 0 Å². The van der Waals surface area contributed by atoms with Crippen LogP contribution in [-0.2, 0) is 0 Å². The first kappa shape index (κ1) is 8.10. The molecule has 0 aliphatic heterocycles. The van der Waals surface area contributed by atoms with E-state index in [1.165, 1.54) is 6.07 Å². The molecule has 1 aromatic carbocycles. The lowest BCUT2D eigenvalue weighted by atomic mass is 10.1. The molecule has 0 spiro atoms. The molecule has 1 aromatic heterocycles. The van der Waals surface area contributed by atoms with Gasteiger partial charge in [0.2, 0.25) is 0 Å². The predicted octanol–water partition coefficient (Wildman–Crippen LogP) is 2.77. The highest BCUT2D eigenvalue weighted by Crippen LogP contribution is 2.28. The maximum absolute atomic E-state index is 13.3. The number of hydrogen-bond acceptors (Lipinski definition) is 2. The molecule has 1 heterocycles. The number of benzene rings is 1. The first-order valence-corrected chi connectivity index (χ1v) is 4.04. The quantitative estimate of drug-likeness (QED) is 0.631. The Labute approximate surface area is 75.1 Å². The average Bonchev–Trinajstić information content (AvgIpc) is 2.44. The van der Waals surface area contributed by atoms with Crippen molar-refractivity contribution in [3.8, 4) is 0 Å². The molecule has 2 rings (SSSR count). The van der Waals surface area contributed by atoms with Crippen LogP contribution in [0.1, 0.15) is 11.3 Å². The fourth-order valence-electron chi connectivity index (χ4n) is 1.44. The van der Waals surface area contributed by atoms with Gasteiger partial charge in [-0.2, -0.15) is 0 Å². The summed E-state index contributed by atoms with van der Waals surface area (Å²) in [6.45, 7) is 3.64. The Morgan fingerprint density at radius 1 is 1.31 bits per heavy atom. The topological polar surface area (TPSA) is 39.2 Å². The fraction of sp³-hybridized carbons (Fsp3) is 0.200. The summed E-state index contributed by atoms with van der Waals surface area (Å²) in [5.74, 6) is 0.300. The number of halogens is 1. The number of furan rings is 1. The highest BCUT2D eigenvalue weighted by atomic mass is 19.1. The number of hydrogen-bond donors (Lipinski definition) is 1. The molecule has 0 bridgehead atoms. The molecule has 2 aromatic rings. The van der Waals surface area contributed by atoms with Gasteiger partial charge in [-0.15, -0.1) is 0 Å². The summed E-state index contributed by atoms with van der Waals surface area (Å²) in [5.41, 5.74) is 7.24. The molecule has 0 fully saturated rings. The predicted molar refractivity (Wildman–Crippen MR) is 50.1 cm³/mol. The number of nitrogens with two attached hydrogens (primary N) is 1. The van der Waals surface area contributed by atoms with E-state index in [1.54, 1.807) is 13.0 Å². The summed E-state index contributed by atoms with van der Waals surface area (Å²) in [6.07, 6.45) is 0. The number of nitrogen functional groups attached to an aromatic ring is 1. The third-order valence-corrected chi connectivity index (χ3v) is 2.19. The summed E-state index contributed by atoms with van der Waals surface area (Å²) in [4.78, 5) is 0. The van der Waals surface area contributed by atoms with Gasteiger partial charge in [0.25, 0.3) is 0 Å². The van der Waals surface area contributed by atoms with E-state index in [-0.39, 0.29) is 0 Å². The molecule has 13 heavy (non-hydrogen) atoms. The van der Waals surface area contributed by atoms with Gasteiger partial charge in [0.05, 0.1) is 0 Å². The molecule has 2 N–H and O–H groups in total. The average molecular weight is 179 g/mol. The molecule has 2 nitrogen and oxygen atoms in total. The fourth-order valence-corrected chi connectivity index (χ4v) is 1.44. The van der Waals surface area contributed by atoms with Crippen LogP contribution in [0.25, 0.3) is 11.0 Å². The van der Waals surface area contributed by atoms with Crippen LogP contribution in [0.4, 0.5) is 10.1 Å². The van der Waals surface area contributed by atoms with Gasteiger partial charge in [-0.1, -0.05) is 0 Å². The second-order valence-electron chi connectivity index (χ2n) is 3.17. The molecule has 0 saturated heterocycles. The number of anilines is 1. The van der Waals surface area contributed by atoms with Crippen molar-refractivity contribution in [2.75, 3.05) is 5.73 Å². The third kappa shape index (κ3) is 1.08. The largest absolute Gasteiger partial charge is 0.458 e. The molecule has 0 aliphatic carbocycles. The van der Waals surface area contributed by atoms with E-state index in [0.717, 1.165) is 10.9 Å². The maximum Gasteiger partial charge on any atom is 0.170 e. The van der Waals surface area contributed by atoms with Gasteiger partial charge in [-0.3, -0.25) is 0 Å². The maximum atomic E-state index is 13.3. The Hall–Kier alpha value is -1.51. The smallest absolute Gasteiger partial charge is 0.170 e. The normalized spacial score (nSPS) is 11.0. The molecular weight excluding hydrogens is 169 g/mol. The van der Waals surface area contributed by atoms with Crippen molar-refractivity contribution in [3.05, 3.63) is 29.3 Å². The zero-order valence-electron chi connectivity index (χ0n) is 7.52. The van der Waals surface area contributed by atoms with Gasteiger partial charge in [0.15, 0.2) is 11.4 Å². The minimum atomic E-state index is -0.397. The molecule has 3 heteroatoms. The highest BCUT2D eigenvalue weighted by Gasteiger charge is 2.11.